The second-order valence-corrected chi connectivity index (χ2v) is 9.69. The van der Waals surface area contributed by atoms with Crippen molar-refractivity contribution in [3.63, 3.8) is 0 Å². The second-order valence-electron chi connectivity index (χ2n) is 9.69. The van der Waals surface area contributed by atoms with Crippen molar-refractivity contribution in [3.05, 3.63) is 66.0 Å². The van der Waals surface area contributed by atoms with Crippen LogP contribution in [0.2, 0.25) is 0 Å². The Kier molecular flexibility index (Phi) is 6.14. The number of alkyl carbamates (subject to hydrolysis) is 1. The van der Waals surface area contributed by atoms with Gasteiger partial charge in [-0.25, -0.2) is 14.8 Å². The van der Waals surface area contributed by atoms with E-state index < -0.39 is 17.2 Å². The molecule has 0 saturated heterocycles. The molecule has 4 aromatic rings. The third-order valence-corrected chi connectivity index (χ3v) is 5.30. The quantitative estimate of drug-likeness (QED) is 0.357. The number of hydrogen-bond acceptors (Lipinski definition) is 7. The van der Waals surface area contributed by atoms with Crippen molar-refractivity contribution in [2.75, 3.05) is 5.32 Å². The Bertz CT molecular complexity index is 1410. The van der Waals surface area contributed by atoms with Crippen molar-refractivity contribution in [1.82, 2.24) is 25.5 Å². The van der Waals surface area contributed by atoms with Gasteiger partial charge in [0.15, 0.2) is 0 Å². The molecule has 0 atom stereocenters. The summed E-state index contributed by atoms with van der Waals surface area (Å²) in [5.41, 5.74) is 3.00. The molecule has 0 radical (unpaired) electrons. The van der Waals surface area contributed by atoms with Crippen molar-refractivity contribution >= 4 is 28.6 Å². The number of ether oxygens (including phenoxy) is 1. The van der Waals surface area contributed by atoms with Crippen LogP contribution in [0.5, 0.6) is 0 Å². The van der Waals surface area contributed by atoms with E-state index in [2.05, 4.69) is 36.9 Å². The van der Waals surface area contributed by atoms with Crippen LogP contribution in [0.3, 0.4) is 0 Å². The number of rotatable bonds is 5. The molecule has 2 heterocycles. The minimum absolute atomic E-state index is 0.361. The Morgan fingerprint density at radius 3 is 2.49 bits per heavy atom. The summed E-state index contributed by atoms with van der Waals surface area (Å²) in [7, 11) is 0. The SMILES string of the molecule is CC(C)(C)OC(=O)NC(C)(C)c1ccc(-c2nc(Nc3ccc4[nH]ncc4c3)ncc2C#N)cc1. The first-order chi connectivity index (χ1) is 16.5. The highest BCUT2D eigenvalue weighted by molar-refractivity contribution is 5.82. The fourth-order valence-electron chi connectivity index (χ4n) is 3.57. The number of H-pyrrole nitrogens is 1. The van der Waals surface area contributed by atoms with Crippen molar-refractivity contribution < 1.29 is 9.53 Å². The maximum absolute atomic E-state index is 12.3. The molecule has 1 amide bonds. The first-order valence-electron chi connectivity index (χ1n) is 11.1. The summed E-state index contributed by atoms with van der Waals surface area (Å²) in [5.74, 6) is 0.373. The summed E-state index contributed by atoms with van der Waals surface area (Å²) in [5, 5.41) is 23.6. The average molecular weight is 470 g/mol. The summed E-state index contributed by atoms with van der Waals surface area (Å²) in [6.45, 7) is 9.26. The summed E-state index contributed by atoms with van der Waals surface area (Å²) in [6, 6.07) is 15.5. The van der Waals surface area contributed by atoms with Crippen LogP contribution in [0.1, 0.15) is 45.7 Å². The first kappa shape index (κ1) is 23.7. The van der Waals surface area contributed by atoms with E-state index in [9.17, 15) is 10.1 Å². The molecule has 0 aliphatic rings. The summed E-state index contributed by atoms with van der Waals surface area (Å²) < 4.78 is 5.38. The van der Waals surface area contributed by atoms with Gasteiger partial charge in [0.2, 0.25) is 5.95 Å². The number of anilines is 2. The maximum Gasteiger partial charge on any atom is 0.408 e. The molecule has 4 rings (SSSR count). The van der Waals surface area contributed by atoms with Crippen LogP contribution in [-0.2, 0) is 10.3 Å². The minimum Gasteiger partial charge on any atom is -0.444 e. The normalized spacial score (nSPS) is 11.7. The third-order valence-electron chi connectivity index (χ3n) is 5.30. The molecule has 178 valence electrons. The number of fused-ring (bicyclic) bond motifs is 1. The number of amides is 1. The van der Waals surface area contributed by atoms with Crippen molar-refractivity contribution in [1.29, 1.82) is 5.26 Å². The third kappa shape index (κ3) is 5.55. The Morgan fingerprint density at radius 1 is 1.06 bits per heavy atom. The van der Waals surface area contributed by atoms with Crippen molar-refractivity contribution in [2.45, 2.75) is 45.8 Å². The fourth-order valence-corrected chi connectivity index (χ4v) is 3.57. The summed E-state index contributed by atoms with van der Waals surface area (Å²) >= 11 is 0. The van der Waals surface area contributed by atoms with Crippen molar-refractivity contribution in [3.8, 4) is 17.3 Å². The van der Waals surface area contributed by atoms with E-state index in [0.717, 1.165) is 27.7 Å². The molecule has 0 aliphatic carbocycles. The Morgan fingerprint density at radius 2 is 1.80 bits per heavy atom. The largest absolute Gasteiger partial charge is 0.444 e. The topological polar surface area (TPSA) is 129 Å². The van der Waals surface area contributed by atoms with Crippen LogP contribution >= 0.6 is 0 Å². The zero-order valence-electron chi connectivity index (χ0n) is 20.3. The smallest absolute Gasteiger partial charge is 0.408 e. The van der Waals surface area contributed by atoms with Gasteiger partial charge in [-0.15, -0.1) is 0 Å². The lowest BCUT2D eigenvalue weighted by molar-refractivity contribution is 0.0470. The van der Waals surface area contributed by atoms with E-state index in [1.807, 2.05) is 77.1 Å². The van der Waals surface area contributed by atoms with Crippen molar-refractivity contribution in [2.24, 2.45) is 0 Å². The zero-order chi connectivity index (χ0) is 25.2. The number of aromatic nitrogens is 4. The molecule has 9 heteroatoms. The summed E-state index contributed by atoms with van der Waals surface area (Å²) in [4.78, 5) is 21.2. The highest BCUT2D eigenvalue weighted by Crippen LogP contribution is 2.28. The Labute approximate surface area is 203 Å². The number of nitriles is 1. The zero-order valence-corrected chi connectivity index (χ0v) is 20.3. The number of hydrogen-bond donors (Lipinski definition) is 3. The van der Waals surface area contributed by atoms with Crippen LogP contribution in [-0.4, -0.2) is 31.9 Å². The molecular weight excluding hydrogens is 442 g/mol. The second kappa shape index (κ2) is 9.06. The number of carbonyl (C=O) groups excluding carboxylic acids is 1. The van der Waals surface area contributed by atoms with E-state index >= 15 is 0 Å². The molecule has 0 spiro atoms. The lowest BCUT2D eigenvalue weighted by Gasteiger charge is -2.29. The molecule has 2 aromatic heterocycles. The van der Waals surface area contributed by atoms with E-state index in [0.29, 0.717) is 17.2 Å². The molecule has 0 saturated carbocycles. The number of aromatic amines is 1. The predicted octanol–water partition coefficient (Wildman–Crippen LogP) is 5.39. The molecule has 35 heavy (non-hydrogen) atoms. The van der Waals surface area contributed by atoms with E-state index in [1.165, 1.54) is 6.20 Å². The van der Waals surface area contributed by atoms with Gasteiger partial charge in [0.05, 0.1) is 34.7 Å². The van der Waals surface area contributed by atoms with Gasteiger partial charge in [0.25, 0.3) is 0 Å². The van der Waals surface area contributed by atoms with Gasteiger partial charge in [0, 0.05) is 16.6 Å². The van der Waals surface area contributed by atoms with Gasteiger partial charge in [-0.05, 0) is 58.4 Å². The molecule has 9 nitrogen and oxygen atoms in total. The maximum atomic E-state index is 12.3. The molecule has 0 fully saturated rings. The number of nitrogens with zero attached hydrogens (tertiary/aromatic N) is 4. The molecular formula is C26H27N7O2. The standard InChI is InChI=1S/C26H27N7O2/c1-25(2,3)35-24(34)32-26(4,5)19-8-6-16(7-9-19)22-18(13-27)14-28-23(31-22)30-20-10-11-21-17(12-20)15-29-33-21/h6-12,14-15H,1-5H3,(H,29,33)(H,32,34)(H,28,30,31). The fraction of sp³-hybridized carbons (Fsp3) is 0.269. The molecule has 3 N–H and O–H groups in total. The first-order valence-corrected chi connectivity index (χ1v) is 11.1. The van der Waals surface area contributed by atoms with Gasteiger partial charge < -0.3 is 15.4 Å². The Balaban J connectivity index is 1.57. The Hall–Kier alpha value is -4.45. The molecule has 2 aromatic carbocycles. The van der Waals surface area contributed by atoms with Gasteiger partial charge in [-0.1, -0.05) is 24.3 Å². The number of benzene rings is 2. The number of nitrogens with one attached hydrogen (secondary N) is 3. The lowest BCUT2D eigenvalue weighted by atomic mass is 9.93. The lowest BCUT2D eigenvalue weighted by Crippen LogP contribution is -2.43. The predicted molar refractivity (Wildman–Crippen MR) is 134 cm³/mol. The highest BCUT2D eigenvalue weighted by atomic mass is 16.6. The molecule has 0 bridgehead atoms. The summed E-state index contributed by atoms with van der Waals surface area (Å²) in [6.07, 6.45) is 2.76. The van der Waals surface area contributed by atoms with Crippen LogP contribution in [0.25, 0.3) is 22.2 Å². The van der Waals surface area contributed by atoms with Gasteiger partial charge in [0.1, 0.15) is 11.7 Å². The monoisotopic (exact) mass is 469 g/mol. The van der Waals surface area contributed by atoms with E-state index in [1.54, 1.807) is 6.20 Å². The molecule has 0 aliphatic heterocycles. The van der Waals surface area contributed by atoms with Gasteiger partial charge in [-0.3, -0.25) is 5.10 Å². The van der Waals surface area contributed by atoms with Crippen LogP contribution in [0.15, 0.2) is 54.9 Å². The van der Waals surface area contributed by atoms with Crippen LogP contribution in [0, 0.1) is 11.3 Å². The van der Waals surface area contributed by atoms with E-state index in [-0.39, 0.29) is 0 Å². The highest BCUT2D eigenvalue weighted by Gasteiger charge is 2.26. The van der Waals surface area contributed by atoms with Crippen LogP contribution in [0.4, 0.5) is 16.4 Å². The van der Waals surface area contributed by atoms with E-state index in [4.69, 9.17) is 4.74 Å². The van der Waals surface area contributed by atoms with Crippen LogP contribution < -0.4 is 10.6 Å². The average Bonchev–Trinajstić information content (AvgIpc) is 3.25. The van der Waals surface area contributed by atoms with Gasteiger partial charge in [-0.2, -0.15) is 10.4 Å². The molecule has 0 unspecified atom stereocenters. The minimum atomic E-state index is -0.664. The van der Waals surface area contributed by atoms with Gasteiger partial charge >= 0.3 is 6.09 Å². The number of carbonyl (C=O) groups is 1.